The molecule has 5 rings (SSSR count). The van der Waals surface area contributed by atoms with E-state index in [1.165, 1.54) is 17.3 Å². The van der Waals surface area contributed by atoms with E-state index < -0.39 is 9.84 Å². The van der Waals surface area contributed by atoms with E-state index >= 15 is 0 Å². The molecule has 3 heterocycles. The van der Waals surface area contributed by atoms with Crippen LogP contribution in [-0.2, 0) is 27.6 Å². The minimum atomic E-state index is -2.94. The summed E-state index contributed by atoms with van der Waals surface area (Å²) in [6.45, 7) is 4.25. The molecule has 3 aliphatic heterocycles. The Hall–Kier alpha value is -2.36. The lowest BCUT2D eigenvalue weighted by molar-refractivity contribution is -0.132. The molecule has 1 amide bonds. The van der Waals surface area contributed by atoms with E-state index in [1.807, 2.05) is 35.2 Å². The number of thioether (sulfide) groups is 1. The molecule has 2 fully saturated rings. The molecular formula is C24H28N4O3S2. The summed E-state index contributed by atoms with van der Waals surface area (Å²) in [4.78, 5) is 21.7. The van der Waals surface area contributed by atoms with Crippen LogP contribution in [0.15, 0.2) is 59.6 Å². The molecule has 2 aromatic carbocycles. The lowest BCUT2D eigenvalue weighted by Gasteiger charge is -2.34. The maximum atomic E-state index is 12.8. The van der Waals surface area contributed by atoms with Crippen molar-refractivity contribution in [2.24, 2.45) is 4.99 Å². The molecule has 9 heteroatoms. The van der Waals surface area contributed by atoms with Crippen molar-refractivity contribution < 1.29 is 13.2 Å². The Morgan fingerprint density at radius 2 is 1.70 bits per heavy atom. The Balaban J connectivity index is 1.09. The van der Waals surface area contributed by atoms with Crippen LogP contribution in [0.2, 0.25) is 0 Å². The number of carbonyl (C=O) groups excluding carboxylic acids is 1. The van der Waals surface area contributed by atoms with E-state index in [9.17, 15) is 13.2 Å². The Morgan fingerprint density at radius 1 is 0.970 bits per heavy atom. The first-order chi connectivity index (χ1) is 15.9. The van der Waals surface area contributed by atoms with Crippen molar-refractivity contribution in [2.75, 3.05) is 43.0 Å². The highest BCUT2D eigenvalue weighted by Gasteiger charge is 2.42. The molecule has 3 aliphatic rings. The number of hydrogen-bond acceptors (Lipinski definition) is 7. The van der Waals surface area contributed by atoms with Gasteiger partial charge < -0.3 is 10.2 Å². The summed E-state index contributed by atoms with van der Waals surface area (Å²) in [5, 5.41) is 4.09. The third-order valence-electron chi connectivity index (χ3n) is 6.35. The van der Waals surface area contributed by atoms with E-state index in [1.54, 1.807) is 0 Å². The second-order valence-electron chi connectivity index (χ2n) is 8.88. The summed E-state index contributed by atoms with van der Waals surface area (Å²) in [5.41, 5.74) is 3.19. The topological polar surface area (TPSA) is 82.1 Å². The molecule has 0 unspecified atom stereocenters. The number of carbonyl (C=O) groups is 1. The first kappa shape index (κ1) is 22.4. The summed E-state index contributed by atoms with van der Waals surface area (Å²) in [6.07, 6.45) is 0.399. The first-order valence-electron chi connectivity index (χ1n) is 11.3. The van der Waals surface area contributed by atoms with Gasteiger partial charge in [0.05, 0.1) is 24.0 Å². The summed E-state index contributed by atoms with van der Waals surface area (Å²) >= 11 is 1.51. The summed E-state index contributed by atoms with van der Waals surface area (Å²) < 4.78 is 23.4. The SMILES string of the molecule is O=C(Cc1ccc(NC2=N[C@@H]3CS(=O)(=O)C[C@@H]3S2)cc1)N1CCN(Cc2ccccc2)CC1. The fourth-order valence-corrected chi connectivity index (χ4v) is 8.20. The number of anilines is 1. The normalized spacial score (nSPS) is 24.4. The van der Waals surface area contributed by atoms with Crippen molar-refractivity contribution in [3.63, 3.8) is 0 Å². The average molecular weight is 485 g/mol. The minimum Gasteiger partial charge on any atom is -0.340 e. The zero-order valence-corrected chi connectivity index (χ0v) is 20.0. The van der Waals surface area contributed by atoms with Gasteiger partial charge in [-0.15, -0.1) is 0 Å². The summed E-state index contributed by atoms with van der Waals surface area (Å²) in [5.74, 6) is 0.524. The largest absolute Gasteiger partial charge is 0.340 e. The van der Waals surface area contributed by atoms with Crippen LogP contribution in [0.1, 0.15) is 11.1 Å². The van der Waals surface area contributed by atoms with Gasteiger partial charge in [-0.05, 0) is 23.3 Å². The number of aliphatic imine (C=N–C) groups is 1. The van der Waals surface area contributed by atoms with Crippen LogP contribution in [0, 0.1) is 0 Å². The van der Waals surface area contributed by atoms with Crippen molar-refractivity contribution in [3.05, 3.63) is 65.7 Å². The van der Waals surface area contributed by atoms with Gasteiger partial charge in [-0.3, -0.25) is 14.7 Å². The molecule has 0 spiro atoms. The molecule has 0 aliphatic carbocycles. The third-order valence-corrected chi connectivity index (χ3v) is 9.49. The molecule has 0 radical (unpaired) electrons. The monoisotopic (exact) mass is 484 g/mol. The number of amides is 1. The number of fused-ring (bicyclic) bond motifs is 1. The zero-order valence-electron chi connectivity index (χ0n) is 18.4. The van der Waals surface area contributed by atoms with Crippen LogP contribution in [0.4, 0.5) is 5.69 Å². The van der Waals surface area contributed by atoms with Crippen LogP contribution < -0.4 is 5.32 Å². The van der Waals surface area contributed by atoms with Crippen molar-refractivity contribution >= 4 is 38.4 Å². The standard InChI is InChI=1S/C24H28N4O3S2/c29-23(28-12-10-27(11-13-28)15-19-4-2-1-3-5-19)14-18-6-8-20(9-7-18)25-24-26-21-16-33(30,31)17-22(21)32-24/h1-9,21-22H,10-17H2,(H,25,26)/t21-,22+/m1/s1. The van der Waals surface area contributed by atoms with Gasteiger partial charge >= 0.3 is 0 Å². The van der Waals surface area contributed by atoms with Crippen LogP contribution in [0.25, 0.3) is 0 Å². The zero-order chi connectivity index (χ0) is 22.8. The second kappa shape index (κ2) is 9.48. The van der Waals surface area contributed by atoms with E-state index in [-0.39, 0.29) is 28.7 Å². The number of sulfone groups is 1. The molecule has 2 atom stereocenters. The molecular weight excluding hydrogens is 456 g/mol. The molecule has 33 heavy (non-hydrogen) atoms. The number of nitrogens with one attached hydrogen (secondary N) is 1. The van der Waals surface area contributed by atoms with Gasteiger partial charge in [0, 0.05) is 43.7 Å². The predicted octanol–water partition coefficient (Wildman–Crippen LogP) is 2.25. The number of rotatable bonds is 5. The van der Waals surface area contributed by atoms with Gasteiger partial charge in [0.2, 0.25) is 5.91 Å². The van der Waals surface area contributed by atoms with Crippen LogP contribution in [0.3, 0.4) is 0 Å². The van der Waals surface area contributed by atoms with Crippen LogP contribution in [0.5, 0.6) is 0 Å². The van der Waals surface area contributed by atoms with Crippen molar-refractivity contribution in [1.29, 1.82) is 0 Å². The number of hydrogen-bond donors (Lipinski definition) is 1. The number of amidine groups is 1. The van der Waals surface area contributed by atoms with Gasteiger partial charge in [0.15, 0.2) is 15.0 Å². The van der Waals surface area contributed by atoms with Gasteiger partial charge in [-0.25, -0.2) is 8.42 Å². The highest BCUT2D eigenvalue weighted by atomic mass is 32.2. The Morgan fingerprint density at radius 3 is 2.39 bits per heavy atom. The van der Waals surface area contributed by atoms with Crippen LogP contribution in [-0.4, -0.2) is 78.3 Å². The Bertz CT molecular complexity index is 1130. The molecule has 7 nitrogen and oxygen atoms in total. The fourth-order valence-electron chi connectivity index (χ4n) is 4.53. The Labute approximate surface area is 199 Å². The van der Waals surface area contributed by atoms with Crippen molar-refractivity contribution in [1.82, 2.24) is 9.80 Å². The van der Waals surface area contributed by atoms with Gasteiger partial charge in [0.1, 0.15) is 0 Å². The smallest absolute Gasteiger partial charge is 0.227 e. The molecule has 0 saturated carbocycles. The minimum absolute atomic E-state index is 0.0301. The van der Waals surface area contributed by atoms with Gasteiger partial charge in [-0.1, -0.05) is 54.2 Å². The van der Waals surface area contributed by atoms with E-state index in [2.05, 4.69) is 39.5 Å². The molecule has 0 aromatic heterocycles. The fraction of sp³-hybridized carbons (Fsp3) is 0.417. The number of piperazine rings is 1. The lowest BCUT2D eigenvalue weighted by Crippen LogP contribution is -2.48. The molecule has 2 saturated heterocycles. The summed E-state index contributed by atoms with van der Waals surface area (Å²) in [7, 11) is -2.94. The second-order valence-corrected chi connectivity index (χ2v) is 12.3. The van der Waals surface area contributed by atoms with E-state index in [4.69, 9.17) is 0 Å². The number of benzene rings is 2. The molecule has 174 valence electrons. The van der Waals surface area contributed by atoms with E-state index in [0.29, 0.717) is 6.42 Å². The number of nitrogens with zero attached hydrogens (tertiary/aromatic N) is 3. The Kier molecular flexibility index (Phi) is 6.44. The maximum absolute atomic E-state index is 12.8. The summed E-state index contributed by atoms with van der Waals surface area (Å²) in [6, 6.07) is 18.2. The van der Waals surface area contributed by atoms with Crippen LogP contribution >= 0.6 is 11.8 Å². The van der Waals surface area contributed by atoms with Crippen molar-refractivity contribution in [3.8, 4) is 0 Å². The average Bonchev–Trinajstić information content (AvgIpc) is 3.28. The first-order valence-corrected chi connectivity index (χ1v) is 14.0. The van der Waals surface area contributed by atoms with Crippen molar-refractivity contribution in [2.45, 2.75) is 24.3 Å². The molecule has 0 bridgehead atoms. The third kappa shape index (κ3) is 5.59. The highest BCUT2D eigenvalue weighted by Crippen LogP contribution is 2.34. The van der Waals surface area contributed by atoms with Gasteiger partial charge in [-0.2, -0.15) is 0 Å². The highest BCUT2D eigenvalue weighted by molar-refractivity contribution is 8.15. The van der Waals surface area contributed by atoms with E-state index in [0.717, 1.165) is 49.1 Å². The maximum Gasteiger partial charge on any atom is 0.227 e. The lowest BCUT2D eigenvalue weighted by atomic mass is 10.1. The quantitative estimate of drug-likeness (QED) is 0.701. The molecule has 1 N–H and O–H groups in total. The predicted molar refractivity (Wildman–Crippen MR) is 133 cm³/mol. The molecule has 2 aromatic rings. The van der Waals surface area contributed by atoms with Gasteiger partial charge in [0.25, 0.3) is 0 Å².